The van der Waals surface area contributed by atoms with Crippen LogP contribution in [-0.4, -0.2) is 36.6 Å². The van der Waals surface area contributed by atoms with Crippen molar-refractivity contribution < 1.29 is 18.0 Å². The van der Waals surface area contributed by atoms with Gasteiger partial charge in [0.1, 0.15) is 10.3 Å². The van der Waals surface area contributed by atoms with Crippen molar-refractivity contribution in [3.63, 3.8) is 0 Å². The number of halogens is 1. The van der Waals surface area contributed by atoms with Gasteiger partial charge in [0, 0.05) is 11.1 Å². The molecule has 6 nitrogen and oxygen atoms in total. The summed E-state index contributed by atoms with van der Waals surface area (Å²) in [7, 11) is -3.82. The zero-order chi connectivity index (χ0) is 18.5. The smallest absolute Gasteiger partial charge is 0.253 e. The van der Waals surface area contributed by atoms with Crippen molar-refractivity contribution in [2.24, 2.45) is 0 Å². The van der Waals surface area contributed by atoms with Gasteiger partial charge in [0.05, 0.1) is 12.1 Å². The lowest BCUT2D eigenvalue weighted by Gasteiger charge is -2.26. The highest BCUT2D eigenvalue weighted by molar-refractivity contribution is 7.91. The van der Waals surface area contributed by atoms with Crippen LogP contribution in [0.15, 0.2) is 46.0 Å². The van der Waals surface area contributed by atoms with Gasteiger partial charge >= 0.3 is 0 Å². The summed E-state index contributed by atoms with van der Waals surface area (Å²) in [5.74, 6) is -0.918. The van der Waals surface area contributed by atoms with Crippen molar-refractivity contribution >= 4 is 50.5 Å². The lowest BCUT2D eigenvalue weighted by Crippen LogP contribution is -2.46. The first kappa shape index (κ1) is 17.7. The van der Waals surface area contributed by atoms with Gasteiger partial charge in [-0.2, -0.15) is 4.31 Å². The molecule has 1 saturated carbocycles. The summed E-state index contributed by atoms with van der Waals surface area (Å²) < 4.78 is 27.5. The van der Waals surface area contributed by atoms with Crippen LogP contribution in [0.4, 0.5) is 5.69 Å². The molecule has 4 rings (SSSR count). The minimum Gasteiger partial charge on any atom is -0.274 e. The summed E-state index contributed by atoms with van der Waals surface area (Å²) in [6.07, 6.45) is 1.25. The number of hydrogen-bond acceptors (Lipinski definition) is 5. The van der Waals surface area contributed by atoms with Crippen LogP contribution in [0.5, 0.6) is 0 Å². The van der Waals surface area contributed by atoms with Gasteiger partial charge in [0.2, 0.25) is 5.91 Å². The van der Waals surface area contributed by atoms with Crippen molar-refractivity contribution in [2.75, 3.05) is 4.90 Å². The van der Waals surface area contributed by atoms with Crippen LogP contribution in [0.3, 0.4) is 0 Å². The molecule has 1 unspecified atom stereocenters. The summed E-state index contributed by atoms with van der Waals surface area (Å²) in [6, 6.07) is 8.29. The molecule has 1 aromatic carbocycles. The van der Waals surface area contributed by atoms with Crippen molar-refractivity contribution in [1.82, 2.24) is 4.31 Å². The second kappa shape index (κ2) is 6.45. The zero-order valence-corrected chi connectivity index (χ0v) is 15.9. The Hall–Kier alpha value is -1.74. The van der Waals surface area contributed by atoms with Crippen LogP contribution in [0.1, 0.15) is 19.3 Å². The second-order valence-electron chi connectivity index (χ2n) is 6.26. The highest BCUT2D eigenvalue weighted by atomic mass is 35.5. The molecule has 0 radical (unpaired) electrons. The lowest BCUT2D eigenvalue weighted by atomic mass is 10.2. The number of carbonyl (C=O) groups is 2. The van der Waals surface area contributed by atoms with Gasteiger partial charge in [-0.3, -0.25) is 9.59 Å². The van der Waals surface area contributed by atoms with E-state index in [1.165, 1.54) is 10.4 Å². The van der Waals surface area contributed by atoms with Gasteiger partial charge in [-0.25, -0.2) is 13.3 Å². The molecule has 2 aromatic rings. The molecule has 2 amide bonds. The largest absolute Gasteiger partial charge is 0.274 e. The fourth-order valence-corrected chi connectivity index (χ4v) is 6.18. The molecule has 136 valence electrons. The Labute approximate surface area is 160 Å². The molecule has 9 heteroatoms. The molecular formula is C17H15ClN2O4S2. The van der Waals surface area contributed by atoms with E-state index in [0.717, 1.165) is 16.2 Å². The Kier molecular flexibility index (Phi) is 4.38. The van der Waals surface area contributed by atoms with E-state index in [9.17, 15) is 18.0 Å². The summed E-state index contributed by atoms with van der Waals surface area (Å²) in [5, 5.41) is 2.17. The maximum atomic E-state index is 13.0. The number of anilines is 1. The van der Waals surface area contributed by atoms with Crippen LogP contribution >= 0.6 is 22.9 Å². The van der Waals surface area contributed by atoms with E-state index in [1.54, 1.807) is 35.7 Å². The number of thiophene rings is 1. The molecule has 1 saturated heterocycles. The molecule has 1 aromatic heterocycles. The Balaban J connectivity index is 1.69. The van der Waals surface area contributed by atoms with E-state index < -0.39 is 27.9 Å². The van der Waals surface area contributed by atoms with Gasteiger partial charge in [-0.1, -0.05) is 17.7 Å². The predicted octanol–water partition coefficient (Wildman–Crippen LogP) is 2.89. The molecule has 0 bridgehead atoms. The quantitative estimate of drug-likeness (QED) is 0.710. The van der Waals surface area contributed by atoms with E-state index in [0.29, 0.717) is 23.6 Å². The third-order valence-corrected chi connectivity index (χ3v) is 8.03. The van der Waals surface area contributed by atoms with Gasteiger partial charge in [-0.05, 0) is 48.6 Å². The Morgan fingerprint density at radius 3 is 2.38 bits per heavy atom. The van der Waals surface area contributed by atoms with E-state index in [4.69, 9.17) is 11.6 Å². The molecule has 1 atom stereocenters. The fraction of sp³-hybridized carbons (Fsp3) is 0.294. The van der Waals surface area contributed by atoms with Crippen LogP contribution in [-0.2, 0) is 19.6 Å². The number of nitrogens with zero attached hydrogens (tertiary/aromatic N) is 2. The second-order valence-corrected chi connectivity index (χ2v) is 9.72. The summed E-state index contributed by atoms with van der Waals surface area (Å²) >= 11 is 6.97. The number of imide groups is 1. The average molecular weight is 411 g/mol. The number of amides is 2. The van der Waals surface area contributed by atoms with Crippen molar-refractivity contribution in [2.45, 2.75) is 35.6 Å². The first-order valence-corrected chi connectivity index (χ1v) is 10.8. The maximum absolute atomic E-state index is 13.0. The highest BCUT2D eigenvalue weighted by Gasteiger charge is 2.52. The molecule has 2 heterocycles. The Morgan fingerprint density at radius 2 is 1.81 bits per heavy atom. The van der Waals surface area contributed by atoms with Gasteiger partial charge in [0.15, 0.2) is 0 Å². The molecule has 1 aliphatic heterocycles. The Bertz CT molecular complexity index is 953. The van der Waals surface area contributed by atoms with Crippen LogP contribution in [0.2, 0.25) is 5.02 Å². The monoisotopic (exact) mass is 410 g/mol. The normalized spacial score (nSPS) is 21.0. The number of benzene rings is 1. The van der Waals surface area contributed by atoms with Crippen LogP contribution < -0.4 is 4.90 Å². The molecule has 2 aliphatic rings. The number of rotatable bonds is 5. The van der Waals surface area contributed by atoms with Crippen molar-refractivity contribution in [3.05, 3.63) is 46.8 Å². The number of sulfonamides is 1. The molecule has 26 heavy (non-hydrogen) atoms. The molecule has 2 fully saturated rings. The summed E-state index contributed by atoms with van der Waals surface area (Å²) in [6.45, 7) is 0. The topological polar surface area (TPSA) is 74.8 Å². The average Bonchev–Trinajstić information content (AvgIpc) is 3.16. The van der Waals surface area contributed by atoms with Crippen LogP contribution in [0.25, 0.3) is 0 Å². The third-order valence-electron chi connectivity index (χ3n) is 4.45. The lowest BCUT2D eigenvalue weighted by molar-refractivity contribution is -0.122. The minimum absolute atomic E-state index is 0.150. The van der Waals surface area contributed by atoms with Gasteiger partial charge in [0.25, 0.3) is 15.9 Å². The van der Waals surface area contributed by atoms with E-state index in [1.807, 2.05) is 0 Å². The predicted molar refractivity (Wildman–Crippen MR) is 98.7 cm³/mol. The summed E-state index contributed by atoms with van der Waals surface area (Å²) in [5.41, 5.74) is 0.399. The Morgan fingerprint density at radius 1 is 1.12 bits per heavy atom. The molecule has 0 N–H and O–H groups in total. The van der Waals surface area contributed by atoms with Gasteiger partial charge < -0.3 is 0 Å². The molecule has 1 aliphatic carbocycles. The molecule has 0 spiro atoms. The van der Waals surface area contributed by atoms with Crippen molar-refractivity contribution in [3.8, 4) is 0 Å². The van der Waals surface area contributed by atoms with E-state index >= 15 is 0 Å². The number of carbonyl (C=O) groups excluding carboxylic acids is 2. The third kappa shape index (κ3) is 2.96. The minimum atomic E-state index is -3.82. The SMILES string of the molecule is O=C1CC(N(C2CC2)S(=O)(=O)c2cccs2)C(=O)N1c1ccc(Cl)cc1. The zero-order valence-electron chi connectivity index (χ0n) is 13.5. The van der Waals surface area contributed by atoms with E-state index in [-0.39, 0.29) is 16.7 Å². The van der Waals surface area contributed by atoms with E-state index in [2.05, 4.69) is 0 Å². The summed E-state index contributed by atoms with van der Waals surface area (Å²) in [4.78, 5) is 26.5. The first-order valence-electron chi connectivity index (χ1n) is 8.09. The fourth-order valence-electron chi connectivity index (χ4n) is 3.14. The van der Waals surface area contributed by atoms with Crippen LogP contribution in [0, 0.1) is 0 Å². The highest BCUT2D eigenvalue weighted by Crippen LogP contribution is 2.39. The standard InChI is InChI=1S/C17H15ClN2O4S2/c18-11-3-5-12(6-4-11)19-15(21)10-14(17(19)22)20(13-7-8-13)26(23,24)16-2-1-9-25-16/h1-6,9,13-14H,7-8,10H2. The van der Waals surface area contributed by atoms with Gasteiger partial charge in [-0.15, -0.1) is 11.3 Å². The number of hydrogen-bond donors (Lipinski definition) is 0. The van der Waals surface area contributed by atoms with Crippen molar-refractivity contribution in [1.29, 1.82) is 0 Å². The molecular weight excluding hydrogens is 396 g/mol. The maximum Gasteiger partial charge on any atom is 0.253 e. The first-order chi connectivity index (χ1) is 12.4.